The lowest BCUT2D eigenvalue weighted by Gasteiger charge is -2.18. The van der Waals surface area contributed by atoms with Crippen molar-refractivity contribution in [2.45, 2.75) is 25.9 Å². The van der Waals surface area contributed by atoms with Crippen LogP contribution < -0.4 is 10.5 Å². The second-order valence-electron chi connectivity index (χ2n) is 4.79. The number of rotatable bonds is 5. The van der Waals surface area contributed by atoms with Gasteiger partial charge in [0.1, 0.15) is 12.4 Å². The van der Waals surface area contributed by atoms with Gasteiger partial charge < -0.3 is 10.5 Å². The Labute approximate surface area is 128 Å². The van der Waals surface area contributed by atoms with Crippen molar-refractivity contribution < 1.29 is 4.74 Å². The second-order valence-corrected chi connectivity index (χ2v) is 5.63. The highest BCUT2D eigenvalue weighted by atomic mass is 35.5. The van der Waals surface area contributed by atoms with Crippen molar-refractivity contribution in [3.63, 3.8) is 0 Å². The summed E-state index contributed by atoms with van der Waals surface area (Å²) in [6.45, 7) is 4.35. The standard InChI is InChI=1S/C14H17Cl2N3O/c1-9(2)19-14(12(16)7-18-19)13(17)8-20-11-5-3-4-10(15)6-11/h3-7,9,13H,8,17H2,1-2H3. The fourth-order valence-electron chi connectivity index (χ4n) is 1.93. The molecule has 0 spiro atoms. The number of hydrogen-bond donors (Lipinski definition) is 1. The average molecular weight is 314 g/mol. The maximum Gasteiger partial charge on any atom is 0.120 e. The lowest BCUT2D eigenvalue weighted by Crippen LogP contribution is -2.23. The summed E-state index contributed by atoms with van der Waals surface area (Å²) in [5.74, 6) is 0.680. The Morgan fingerprint density at radius 1 is 1.35 bits per heavy atom. The fourth-order valence-corrected chi connectivity index (χ4v) is 2.38. The third-order valence-electron chi connectivity index (χ3n) is 2.85. The molecule has 0 saturated carbocycles. The lowest BCUT2D eigenvalue weighted by atomic mass is 10.2. The van der Waals surface area contributed by atoms with E-state index in [-0.39, 0.29) is 12.1 Å². The van der Waals surface area contributed by atoms with Gasteiger partial charge in [-0.2, -0.15) is 5.10 Å². The largest absolute Gasteiger partial charge is 0.492 e. The van der Waals surface area contributed by atoms with Crippen LogP contribution in [0.3, 0.4) is 0 Å². The minimum absolute atomic E-state index is 0.190. The first-order valence-corrected chi connectivity index (χ1v) is 7.11. The van der Waals surface area contributed by atoms with Gasteiger partial charge >= 0.3 is 0 Å². The van der Waals surface area contributed by atoms with E-state index in [1.54, 1.807) is 18.3 Å². The van der Waals surface area contributed by atoms with Crippen LogP contribution in [0.5, 0.6) is 5.75 Å². The lowest BCUT2D eigenvalue weighted by molar-refractivity contribution is 0.282. The molecule has 0 aliphatic rings. The van der Waals surface area contributed by atoms with E-state index < -0.39 is 0 Å². The monoisotopic (exact) mass is 313 g/mol. The van der Waals surface area contributed by atoms with E-state index in [0.29, 0.717) is 22.4 Å². The highest BCUT2D eigenvalue weighted by molar-refractivity contribution is 6.31. The fraction of sp³-hybridized carbons (Fsp3) is 0.357. The van der Waals surface area contributed by atoms with E-state index >= 15 is 0 Å². The summed E-state index contributed by atoms with van der Waals surface area (Å²) in [5.41, 5.74) is 6.94. The molecule has 108 valence electrons. The Kier molecular flexibility index (Phi) is 4.91. The van der Waals surface area contributed by atoms with Crippen LogP contribution in [0.25, 0.3) is 0 Å². The van der Waals surface area contributed by atoms with Crippen molar-refractivity contribution in [3.8, 4) is 5.75 Å². The number of halogens is 2. The molecule has 1 aromatic heterocycles. The van der Waals surface area contributed by atoms with Crippen LogP contribution in [0.4, 0.5) is 0 Å². The third-order valence-corrected chi connectivity index (χ3v) is 3.38. The molecule has 0 aliphatic carbocycles. The van der Waals surface area contributed by atoms with Crippen LogP contribution in [0, 0.1) is 0 Å². The summed E-state index contributed by atoms with van der Waals surface area (Å²) >= 11 is 12.1. The zero-order chi connectivity index (χ0) is 14.7. The molecular weight excluding hydrogens is 297 g/mol. The first-order chi connectivity index (χ1) is 9.49. The molecule has 1 heterocycles. The molecule has 0 saturated heterocycles. The minimum Gasteiger partial charge on any atom is -0.492 e. The van der Waals surface area contributed by atoms with Crippen LogP contribution in [-0.4, -0.2) is 16.4 Å². The Morgan fingerprint density at radius 2 is 2.10 bits per heavy atom. The molecule has 0 amide bonds. The molecule has 0 aliphatic heterocycles. The number of aromatic nitrogens is 2. The van der Waals surface area contributed by atoms with Crippen molar-refractivity contribution >= 4 is 23.2 Å². The van der Waals surface area contributed by atoms with Gasteiger partial charge in [-0.15, -0.1) is 0 Å². The van der Waals surface area contributed by atoms with Crippen molar-refractivity contribution in [2.75, 3.05) is 6.61 Å². The van der Waals surface area contributed by atoms with Gasteiger partial charge in [0, 0.05) is 11.1 Å². The SMILES string of the molecule is CC(C)n1ncc(Cl)c1C(N)COc1cccc(Cl)c1. The van der Waals surface area contributed by atoms with Crippen LogP contribution in [-0.2, 0) is 0 Å². The van der Waals surface area contributed by atoms with Crippen LogP contribution in [0.2, 0.25) is 10.0 Å². The maximum absolute atomic E-state index is 6.16. The molecule has 2 aromatic rings. The molecule has 2 N–H and O–H groups in total. The Morgan fingerprint density at radius 3 is 2.75 bits per heavy atom. The second kappa shape index (κ2) is 6.48. The molecule has 1 atom stereocenters. The van der Waals surface area contributed by atoms with E-state index in [1.807, 2.05) is 30.7 Å². The van der Waals surface area contributed by atoms with Gasteiger partial charge in [-0.05, 0) is 32.0 Å². The van der Waals surface area contributed by atoms with Gasteiger partial charge in [0.15, 0.2) is 0 Å². The number of hydrogen-bond acceptors (Lipinski definition) is 3. The quantitative estimate of drug-likeness (QED) is 0.912. The minimum atomic E-state index is -0.355. The average Bonchev–Trinajstić information content (AvgIpc) is 2.78. The number of benzene rings is 1. The third kappa shape index (κ3) is 3.45. The number of ether oxygens (including phenoxy) is 1. The molecule has 2 rings (SSSR count). The van der Waals surface area contributed by atoms with Crippen LogP contribution in [0.1, 0.15) is 31.6 Å². The van der Waals surface area contributed by atoms with Gasteiger partial charge in [-0.1, -0.05) is 29.3 Å². The highest BCUT2D eigenvalue weighted by Crippen LogP contribution is 2.25. The summed E-state index contributed by atoms with van der Waals surface area (Å²) in [6.07, 6.45) is 1.61. The summed E-state index contributed by atoms with van der Waals surface area (Å²) in [7, 11) is 0. The molecule has 0 bridgehead atoms. The van der Waals surface area contributed by atoms with Crippen LogP contribution >= 0.6 is 23.2 Å². The van der Waals surface area contributed by atoms with E-state index in [1.165, 1.54) is 0 Å². The van der Waals surface area contributed by atoms with Crippen molar-refractivity contribution in [1.82, 2.24) is 9.78 Å². The molecule has 6 heteroatoms. The first kappa shape index (κ1) is 15.2. The number of nitrogens with two attached hydrogens (primary N) is 1. The smallest absolute Gasteiger partial charge is 0.120 e. The maximum atomic E-state index is 6.16. The Hall–Kier alpha value is -1.23. The first-order valence-electron chi connectivity index (χ1n) is 6.36. The van der Waals surface area contributed by atoms with E-state index in [0.717, 1.165) is 5.69 Å². The van der Waals surface area contributed by atoms with E-state index in [4.69, 9.17) is 33.7 Å². The predicted octanol–water partition coefficient (Wildman–Crippen LogP) is 3.85. The normalized spacial score (nSPS) is 12.7. The summed E-state index contributed by atoms with van der Waals surface area (Å²) in [6, 6.07) is 7.03. The molecule has 1 aromatic carbocycles. The predicted molar refractivity (Wildman–Crippen MR) is 81.5 cm³/mol. The van der Waals surface area contributed by atoms with E-state index in [2.05, 4.69) is 5.10 Å². The van der Waals surface area contributed by atoms with Gasteiger partial charge in [-0.3, -0.25) is 4.68 Å². The van der Waals surface area contributed by atoms with Crippen molar-refractivity contribution in [2.24, 2.45) is 5.73 Å². The Balaban J connectivity index is 2.09. The zero-order valence-corrected chi connectivity index (χ0v) is 12.9. The van der Waals surface area contributed by atoms with E-state index in [9.17, 15) is 0 Å². The topological polar surface area (TPSA) is 53.1 Å². The molecule has 0 radical (unpaired) electrons. The molecule has 1 unspecified atom stereocenters. The van der Waals surface area contributed by atoms with Gasteiger partial charge in [0.2, 0.25) is 0 Å². The Bertz CT molecular complexity index is 584. The van der Waals surface area contributed by atoms with Crippen molar-refractivity contribution in [3.05, 3.63) is 46.2 Å². The summed E-state index contributed by atoms with van der Waals surface area (Å²) < 4.78 is 7.47. The summed E-state index contributed by atoms with van der Waals surface area (Å²) in [4.78, 5) is 0. The summed E-state index contributed by atoms with van der Waals surface area (Å²) in [5, 5.41) is 5.42. The highest BCUT2D eigenvalue weighted by Gasteiger charge is 2.19. The molecular formula is C14H17Cl2N3O. The van der Waals surface area contributed by atoms with Crippen molar-refractivity contribution in [1.29, 1.82) is 0 Å². The molecule has 20 heavy (non-hydrogen) atoms. The van der Waals surface area contributed by atoms with Gasteiger partial charge in [0.25, 0.3) is 0 Å². The van der Waals surface area contributed by atoms with Gasteiger partial charge in [0.05, 0.1) is 23.0 Å². The molecule has 0 fully saturated rings. The number of nitrogens with zero attached hydrogens (tertiary/aromatic N) is 2. The zero-order valence-electron chi connectivity index (χ0n) is 11.4. The molecule has 4 nitrogen and oxygen atoms in total. The van der Waals surface area contributed by atoms with Crippen LogP contribution in [0.15, 0.2) is 30.5 Å². The van der Waals surface area contributed by atoms with Gasteiger partial charge in [-0.25, -0.2) is 0 Å².